The van der Waals surface area contributed by atoms with Gasteiger partial charge in [-0.3, -0.25) is 14.4 Å². The van der Waals surface area contributed by atoms with Crippen molar-refractivity contribution in [3.05, 3.63) is 62.4 Å². The van der Waals surface area contributed by atoms with E-state index in [0.29, 0.717) is 9.90 Å². The van der Waals surface area contributed by atoms with Crippen LogP contribution in [0.4, 0.5) is 14.5 Å². The maximum absolute atomic E-state index is 14.8. The summed E-state index contributed by atoms with van der Waals surface area (Å²) in [7, 11) is -0.312. The van der Waals surface area contributed by atoms with Gasteiger partial charge in [0.25, 0.3) is 5.91 Å². The van der Waals surface area contributed by atoms with E-state index >= 15 is 0 Å². The molecule has 6 nitrogen and oxygen atoms in total. The van der Waals surface area contributed by atoms with Crippen LogP contribution < -0.4 is 9.62 Å². The van der Waals surface area contributed by atoms with Gasteiger partial charge in [0.15, 0.2) is 0 Å². The van der Waals surface area contributed by atoms with Gasteiger partial charge in [0.2, 0.25) is 10.0 Å². The highest BCUT2D eigenvalue weighted by Crippen LogP contribution is 2.32. The van der Waals surface area contributed by atoms with Crippen molar-refractivity contribution < 1.29 is 22.0 Å². The summed E-state index contributed by atoms with van der Waals surface area (Å²) in [5.74, 6) is -3.20. The summed E-state index contributed by atoms with van der Waals surface area (Å²) < 4.78 is 57.5. The number of sulfonamides is 1. The zero-order valence-electron chi connectivity index (χ0n) is 18.0. The Hall–Kier alpha value is -2.01. The quantitative estimate of drug-likeness (QED) is 0.584. The normalized spacial score (nSPS) is 16.4. The van der Waals surface area contributed by atoms with E-state index in [1.807, 2.05) is 0 Å². The van der Waals surface area contributed by atoms with Crippen molar-refractivity contribution in [1.29, 1.82) is 0 Å². The van der Waals surface area contributed by atoms with Crippen molar-refractivity contribution in [2.75, 3.05) is 31.3 Å². The van der Waals surface area contributed by atoms with E-state index in [1.165, 1.54) is 29.5 Å². The summed E-state index contributed by atoms with van der Waals surface area (Å²) in [5, 5.41) is 0. The Labute approximate surface area is 195 Å². The molecule has 1 N–H and O–H groups in total. The minimum Gasteiger partial charge on any atom is -0.303 e. The Bertz CT molecular complexity index is 1140. The maximum atomic E-state index is 14.8. The third-order valence-electron chi connectivity index (χ3n) is 5.33. The smallest absolute Gasteiger partial charge is 0.275 e. The lowest BCUT2D eigenvalue weighted by molar-refractivity contribution is -0.114. The Morgan fingerprint density at radius 2 is 1.84 bits per heavy atom. The second kappa shape index (κ2) is 9.46. The van der Waals surface area contributed by atoms with E-state index in [2.05, 4.69) is 4.72 Å². The number of benzene rings is 1. The van der Waals surface area contributed by atoms with Crippen LogP contribution in [0.25, 0.3) is 0 Å². The molecule has 0 saturated heterocycles. The minimum atomic E-state index is -3.88. The van der Waals surface area contributed by atoms with Crippen LogP contribution in [0, 0.1) is 11.6 Å². The molecule has 0 fully saturated rings. The van der Waals surface area contributed by atoms with Gasteiger partial charge in [0, 0.05) is 23.4 Å². The second-order valence-electron chi connectivity index (χ2n) is 7.93. The lowest BCUT2D eigenvalue weighted by atomic mass is 10.1. The fourth-order valence-corrected chi connectivity index (χ4v) is 6.02. The molecule has 1 aliphatic rings. The average molecular weight is 504 g/mol. The Morgan fingerprint density at radius 1 is 1.22 bits per heavy atom. The topological polar surface area (TPSA) is 69.7 Å². The second-order valence-corrected chi connectivity index (χ2v) is 11.4. The van der Waals surface area contributed by atoms with Gasteiger partial charge < -0.3 is 4.90 Å². The van der Waals surface area contributed by atoms with Crippen molar-refractivity contribution in [3.63, 3.8) is 0 Å². The number of nitrogens with zero attached hydrogens (tertiary/aromatic N) is 2. The highest BCUT2D eigenvalue weighted by molar-refractivity contribution is 7.89. The fraction of sp³-hybridized carbons (Fsp3) is 0.381. The van der Waals surface area contributed by atoms with Gasteiger partial charge in [-0.1, -0.05) is 18.5 Å². The van der Waals surface area contributed by atoms with E-state index in [-0.39, 0.29) is 30.0 Å². The van der Waals surface area contributed by atoms with E-state index < -0.39 is 33.3 Å². The third-order valence-corrected chi connectivity index (χ3v) is 8.27. The van der Waals surface area contributed by atoms with Gasteiger partial charge in [-0.15, -0.1) is 11.3 Å². The van der Waals surface area contributed by atoms with Crippen LogP contribution in [0.15, 0.2) is 36.0 Å². The average Bonchev–Trinajstić information content (AvgIpc) is 3.27. The highest BCUT2D eigenvalue weighted by atomic mass is 35.5. The lowest BCUT2D eigenvalue weighted by Gasteiger charge is -2.23. The van der Waals surface area contributed by atoms with Gasteiger partial charge in [-0.2, -0.15) is 0 Å². The molecule has 1 aromatic carbocycles. The molecule has 1 aliphatic heterocycles. The Balaban J connectivity index is 1.74. The van der Waals surface area contributed by atoms with Crippen molar-refractivity contribution in [3.8, 4) is 0 Å². The number of amides is 1. The van der Waals surface area contributed by atoms with E-state index in [1.54, 1.807) is 45.0 Å². The SMILES string of the molecule is CC(CS(=O)(=O)NC1=CCN(c2c(F)cc(C(C)N(C)C)cc2F)C1=O)c1ccc(Cl)s1. The third kappa shape index (κ3) is 5.31. The number of thiophene rings is 1. The van der Waals surface area contributed by atoms with E-state index in [0.717, 1.165) is 9.78 Å². The summed E-state index contributed by atoms with van der Waals surface area (Å²) in [6.45, 7) is 3.39. The first-order valence-corrected chi connectivity index (χ1v) is 12.7. The van der Waals surface area contributed by atoms with E-state index in [9.17, 15) is 22.0 Å². The molecule has 3 rings (SSSR count). The van der Waals surface area contributed by atoms with Gasteiger partial charge in [-0.25, -0.2) is 17.2 Å². The molecule has 2 atom stereocenters. The molecular weight excluding hydrogens is 480 g/mol. The van der Waals surface area contributed by atoms with Crippen molar-refractivity contribution in [1.82, 2.24) is 9.62 Å². The molecule has 32 heavy (non-hydrogen) atoms. The number of rotatable bonds is 8. The molecule has 0 spiro atoms. The van der Waals surface area contributed by atoms with Crippen molar-refractivity contribution in [2.24, 2.45) is 0 Å². The largest absolute Gasteiger partial charge is 0.303 e. The zero-order valence-corrected chi connectivity index (χ0v) is 20.4. The zero-order chi connectivity index (χ0) is 23.8. The molecular formula is C21H24ClF2N3O3S2. The minimum absolute atomic E-state index is 0.150. The van der Waals surface area contributed by atoms with Crippen LogP contribution in [-0.4, -0.2) is 45.6 Å². The number of carbonyl (C=O) groups is 1. The standard InChI is InChI=1S/C21H24ClF2N3O3S2/c1-12(18-5-6-19(22)31-18)11-32(29,30)25-17-7-8-27(21(17)28)20-15(23)9-14(10-16(20)24)13(2)26(3)4/h5-7,9-10,12-13,25H,8,11H2,1-4H3. The van der Waals surface area contributed by atoms with Crippen molar-refractivity contribution >= 4 is 44.6 Å². The first-order valence-electron chi connectivity index (χ1n) is 9.82. The number of hydrogen-bond donors (Lipinski definition) is 1. The maximum Gasteiger partial charge on any atom is 0.275 e. The summed E-state index contributed by atoms with van der Waals surface area (Å²) in [6, 6.07) is 5.58. The first-order chi connectivity index (χ1) is 14.9. The summed E-state index contributed by atoms with van der Waals surface area (Å²) in [5.41, 5.74) is -0.306. The van der Waals surface area contributed by atoms with Crippen LogP contribution in [0.5, 0.6) is 0 Å². The summed E-state index contributed by atoms with van der Waals surface area (Å²) in [6.07, 6.45) is 1.31. The predicted octanol–water partition coefficient (Wildman–Crippen LogP) is 4.26. The van der Waals surface area contributed by atoms with Gasteiger partial charge >= 0.3 is 0 Å². The molecule has 1 aromatic heterocycles. The highest BCUT2D eigenvalue weighted by Gasteiger charge is 2.33. The first kappa shape index (κ1) is 24.6. The molecule has 174 valence electrons. The predicted molar refractivity (Wildman–Crippen MR) is 124 cm³/mol. The lowest BCUT2D eigenvalue weighted by Crippen LogP contribution is -2.35. The molecule has 1 amide bonds. The van der Waals surface area contributed by atoms with Crippen LogP contribution in [0.2, 0.25) is 4.34 Å². The van der Waals surface area contributed by atoms with E-state index in [4.69, 9.17) is 11.6 Å². The molecule has 2 heterocycles. The fourth-order valence-electron chi connectivity index (χ4n) is 3.37. The molecule has 11 heteroatoms. The van der Waals surface area contributed by atoms with Gasteiger partial charge in [0.05, 0.1) is 10.1 Å². The summed E-state index contributed by atoms with van der Waals surface area (Å²) >= 11 is 7.19. The molecule has 0 aliphatic carbocycles. The van der Waals surface area contributed by atoms with Crippen LogP contribution in [0.1, 0.15) is 36.2 Å². The molecule has 0 bridgehead atoms. The number of halogens is 3. The Kier molecular flexibility index (Phi) is 7.28. The molecule has 0 saturated carbocycles. The van der Waals surface area contributed by atoms with Crippen LogP contribution in [0.3, 0.4) is 0 Å². The van der Waals surface area contributed by atoms with Crippen LogP contribution >= 0.6 is 22.9 Å². The molecule has 2 unspecified atom stereocenters. The number of anilines is 1. The molecule has 0 radical (unpaired) electrons. The number of nitrogens with one attached hydrogen (secondary N) is 1. The van der Waals surface area contributed by atoms with Gasteiger partial charge in [0.1, 0.15) is 23.0 Å². The van der Waals surface area contributed by atoms with Crippen molar-refractivity contribution in [2.45, 2.75) is 25.8 Å². The Morgan fingerprint density at radius 3 is 2.38 bits per heavy atom. The van der Waals surface area contributed by atoms with Gasteiger partial charge in [-0.05, 0) is 56.9 Å². The van der Waals surface area contributed by atoms with Crippen LogP contribution in [-0.2, 0) is 14.8 Å². The number of carbonyl (C=O) groups excluding carboxylic acids is 1. The number of hydrogen-bond acceptors (Lipinski definition) is 5. The molecule has 2 aromatic rings. The summed E-state index contributed by atoms with van der Waals surface area (Å²) in [4.78, 5) is 16.2. The monoisotopic (exact) mass is 503 g/mol.